The minimum Gasteiger partial charge on any atom is -0.497 e. The maximum absolute atomic E-state index is 13.2. The summed E-state index contributed by atoms with van der Waals surface area (Å²) >= 11 is 0. The van der Waals surface area contributed by atoms with Crippen molar-refractivity contribution in [3.63, 3.8) is 0 Å². The van der Waals surface area contributed by atoms with E-state index in [9.17, 15) is 19.2 Å². The van der Waals surface area contributed by atoms with Gasteiger partial charge >= 0.3 is 6.03 Å². The molecule has 0 aliphatic carbocycles. The molecule has 1 fully saturated rings. The summed E-state index contributed by atoms with van der Waals surface area (Å²) in [5.74, 6) is -2.42. The topological polar surface area (TPSA) is 111 Å². The molecule has 1 heterocycles. The highest BCUT2D eigenvalue weighted by Gasteiger charge is 2.38. The van der Waals surface area contributed by atoms with E-state index in [1.54, 1.807) is 48.5 Å². The van der Waals surface area contributed by atoms with Crippen molar-refractivity contribution in [3.8, 4) is 11.5 Å². The fourth-order valence-corrected chi connectivity index (χ4v) is 3.19. The number of amides is 4. The second-order valence-electron chi connectivity index (χ2n) is 6.51. The number of methoxy groups -OCH3 is 2. The number of rotatable bonds is 7. The molecule has 2 aromatic rings. The number of urea groups is 1. The number of Topliss-reactive ketones (excluding diaryl/α,β-unsaturated/α-hetero) is 1. The van der Waals surface area contributed by atoms with Crippen LogP contribution in [0.1, 0.15) is 28.3 Å². The third kappa shape index (κ3) is 4.43. The Labute approximate surface area is 167 Å². The molecule has 0 saturated carbocycles. The Morgan fingerprint density at radius 2 is 1.34 bits per heavy atom. The maximum Gasteiger partial charge on any atom is 0.328 e. The molecule has 1 unspecified atom stereocenters. The lowest BCUT2D eigenvalue weighted by Gasteiger charge is -2.25. The molecular formula is C21H20N2O6. The van der Waals surface area contributed by atoms with Crippen molar-refractivity contribution in [2.75, 3.05) is 14.2 Å². The second kappa shape index (κ2) is 8.55. The molecule has 2 N–H and O–H groups in total. The fraction of sp³-hybridized carbons (Fsp3) is 0.238. The van der Waals surface area contributed by atoms with E-state index in [1.165, 1.54) is 14.2 Å². The van der Waals surface area contributed by atoms with Crippen LogP contribution >= 0.6 is 0 Å². The second-order valence-corrected chi connectivity index (χ2v) is 6.51. The molecule has 0 spiro atoms. The summed E-state index contributed by atoms with van der Waals surface area (Å²) < 4.78 is 10.3. The number of carbonyl (C=O) groups is 4. The summed E-state index contributed by atoms with van der Waals surface area (Å²) in [5, 5.41) is 4.14. The van der Waals surface area contributed by atoms with E-state index in [1.807, 2.05) is 0 Å². The van der Waals surface area contributed by atoms with Crippen LogP contribution in [0.15, 0.2) is 48.5 Å². The Balaban J connectivity index is 1.94. The van der Waals surface area contributed by atoms with Gasteiger partial charge in [-0.3, -0.25) is 25.0 Å². The summed E-state index contributed by atoms with van der Waals surface area (Å²) in [4.78, 5) is 48.9. The van der Waals surface area contributed by atoms with Gasteiger partial charge in [0.1, 0.15) is 17.4 Å². The molecule has 2 aromatic carbocycles. The minimum atomic E-state index is -1.16. The quantitative estimate of drug-likeness (QED) is 0.547. The normalized spacial score (nSPS) is 15.3. The molecule has 29 heavy (non-hydrogen) atoms. The predicted molar refractivity (Wildman–Crippen MR) is 103 cm³/mol. The first kappa shape index (κ1) is 20.1. The Morgan fingerprint density at radius 1 is 0.862 bits per heavy atom. The summed E-state index contributed by atoms with van der Waals surface area (Å²) in [7, 11) is 3.06. The number of nitrogens with one attached hydrogen (secondary N) is 2. The number of hydrogen-bond acceptors (Lipinski definition) is 6. The zero-order valence-electron chi connectivity index (χ0n) is 15.9. The van der Waals surface area contributed by atoms with Crippen LogP contribution in [0.3, 0.4) is 0 Å². The van der Waals surface area contributed by atoms with Crippen molar-refractivity contribution in [1.29, 1.82) is 0 Å². The van der Waals surface area contributed by atoms with Crippen molar-refractivity contribution in [2.45, 2.75) is 12.3 Å². The molecular weight excluding hydrogens is 376 g/mol. The standard InChI is InChI=1S/C21H20N2O6/c1-28-14-7-3-12(4-8-14)16(11-17-19(25)22-21(27)23-20(17)26)18(24)13-5-9-15(29-2)10-6-13/h3-10,16-17H,11H2,1-2H3,(H2,22,23,25,26,27). The Morgan fingerprint density at radius 3 is 1.83 bits per heavy atom. The molecule has 0 radical (unpaired) electrons. The van der Waals surface area contributed by atoms with Crippen LogP contribution in [0.4, 0.5) is 4.79 Å². The van der Waals surface area contributed by atoms with Gasteiger partial charge in [0, 0.05) is 11.5 Å². The molecule has 1 saturated heterocycles. The third-order valence-corrected chi connectivity index (χ3v) is 4.79. The number of hydrogen-bond donors (Lipinski definition) is 2. The highest BCUT2D eigenvalue weighted by Crippen LogP contribution is 2.30. The number of ketones is 1. The minimum absolute atomic E-state index is 0.0812. The fourth-order valence-electron chi connectivity index (χ4n) is 3.19. The molecule has 0 bridgehead atoms. The molecule has 0 aromatic heterocycles. The monoisotopic (exact) mass is 396 g/mol. The summed E-state index contributed by atoms with van der Waals surface area (Å²) in [5.41, 5.74) is 1.04. The zero-order chi connectivity index (χ0) is 21.0. The number of carbonyl (C=O) groups excluding carboxylic acids is 4. The van der Waals surface area contributed by atoms with Gasteiger partial charge in [-0.15, -0.1) is 0 Å². The van der Waals surface area contributed by atoms with Gasteiger partial charge in [-0.05, 0) is 48.4 Å². The first-order chi connectivity index (χ1) is 13.9. The van der Waals surface area contributed by atoms with Crippen LogP contribution < -0.4 is 20.1 Å². The van der Waals surface area contributed by atoms with E-state index in [0.717, 1.165) is 0 Å². The molecule has 1 atom stereocenters. The van der Waals surface area contributed by atoms with Gasteiger partial charge in [0.2, 0.25) is 11.8 Å². The molecule has 3 rings (SSSR count). The van der Waals surface area contributed by atoms with Crippen LogP contribution in [-0.2, 0) is 9.59 Å². The molecule has 1 aliphatic heterocycles. The summed E-state index contributed by atoms with van der Waals surface area (Å²) in [6.07, 6.45) is -0.0812. The van der Waals surface area contributed by atoms with E-state index in [0.29, 0.717) is 22.6 Å². The Hall–Kier alpha value is -3.68. The van der Waals surface area contributed by atoms with E-state index >= 15 is 0 Å². The van der Waals surface area contributed by atoms with Crippen LogP contribution in [0.25, 0.3) is 0 Å². The number of imide groups is 2. The maximum atomic E-state index is 13.2. The van der Waals surface area contributed by atoms with Gasteiger partial charge < -0.3 is 9.47 Å². The van der Waals surface area contributed by atoms with E-state index in [2.05, 4.69) is 10.6 Å². The molecule has 8 heteroatoms. The van der Waals surface area contributed by atoms with Crippen molar-refractivity contribution < 1.29 is 28.7 Å². The summed E-state index contributed by atoms with van der Waals surface area (Å²) in [6.45, 7) is 0. The van der Waals surface area contributed by atoms with Gasteiger partial charge in [-0.2, -0.15) is 0 Å². The Bertz CT molecular complexity index is 917. The predicted octanol–water partition coefficient (Wildman–Crippen LogP) is 2.04. The van der Waals surface area contributed by atoms with E-state index in [4.69, 9.17) is 9.47 Å². The first-order valence-corrected chi connectivity index (χ1v) is 8.91. The Kier molecular flexibility index (Phi) is 5.92. The molecule has 4 amide bonds. The SMILES string of the molecule is COc1ccc(C(=O)C(CC2C(=O)NC(=O)NC2=O)c2ccc(OC)cc2)cc1. The van der Waals surface area contributed by atoms with Crippen molar-refractivity contribution in [2.24, 2.45) is 5.92 Å². The van der Waals surface area contributed by atoms with E-state index in [-0.39, 0.29) is 12.2 Å². The van der Waals surface area contributed by atoms with Gasteiger partial charge in [-0.1, -0.05) is 12.1 Å². The average molecular weight is 396 g/mol. The highest BCUT2D eigenvalue weighted by molar-refractivity contribution is 6.16. The average Bonchev–Trinajstić information content (AvgIpc) is 2.73. The molecule has 8 nitrogen and oxygen atoms in total. The van der Waals surface area contributed by atoms with Crippen molar-refractivity contribution in [1.82, 2.24) is 10.6 Å². The number of barbiturate groups is 1. The van der Waals surface area contributed by atoms with Crippen LogP contribution in [-0.4, -0.2) is 37.8 Å². The largest absolute Gasteiger partial charge is 0.497 e. The van der Waals surface area contributed by atoms with Gasteiger partial charge in [0.05, 0.1) is 14.2 Å². The van der Waals surface area contributed by atoms with Crippen LogP contribution in [0, 0.1) is 5.92 Å². The number of ether oxygens (including phenoxy) is 2. The van der Waals surface area contributed by atoms with Crippen LogP contribution in [0.5, 0.6) is 11.5 Å². The van der Waals surface area contributed by atoms with Crippen molar-refractivity contribution in [3.05, 3.63) is 59.7 Å². The molecule has 1 aliphatic rings. The van der Waals surface area contributed by atoms with Crippen LogP contribution in [0.2, 0.25) is 0 Å². The number of benzene rings is 2. The lowest BCUT2D eigenvalue weighted by atomic mass is 9.82. The third-order valence-electron chi connectivity index (χ3n) is 4.79. The van der Waals surface area contributed by atoms with Gasteiger partial charge in [-0.25, -0.2) is 4.79 Å². The highest BCUT2D eigenvalue weighted by atomic mass is 16.5. The first-order valence-electron chi connectivity index (χ1n) is 8.91. The smallest absolute Gasteiger partial charge is 0.328 e. The molecule has 150 valence electrons. The van der Waals surface area contributed by atoms with Gasteiger partial charge in [0.25, 0.3) is 0 Å². The van der Waals surface area contributed by atoms with Gasteiger partial charge in [0.15, 0.2) is 5.78 Å². The zero-order valence-corrected chi connectivity index (χ0v) is 15.9. The lowest BCUT2D eigenvalue weighted by molar-refractivity contribution is -0.136. The lowest BCUT2D eigenvalue weighted by Crippen LogP contribution is -2.56. The summed E-state index contributed by atoms with van der Waals surface area (Å²) in [6, 6.07) is 12.6. The van der Waals surface area contributed by atoms with Crippen molar-refractivity contribution >= 4 is 23.6 Å². The van der Waals surface area contributed by atoms with E-state index < -0.39 is 29.7 Å².